The summed E-state index contributed by atoms with van der Waals surface area (Å²) in [4.78, 5) is 0.843. The molecule has 2 aromatic carbocycles. The fourth-order valence-corrected chi connectivity index (χ4v) is 2.76. The maximum Gasteiger partial charge on any atom is 0.124 e. The third kappa shape index (κ3) is 3.63. The Bertz CT molecular complexity index is 652. The Kier molecular flexibility index (Phi) is 4.31. The van der Waals surface area contributed by atoms with Crippen LogP contribution in [-0.4, -0.2) is 0 Å². The van der Waals surface area contributed by atoms with E-state index >= 15 is 0 Å². The summed E-state index contributed by atoms with van der Waals surface area (Å²) in [5, 5.41) is 9.40. The molecule has 0 bridgehead atoms. The van der Waals surface area contributed by atoms with E-state index in [4.69, 9.17) is 22.6 Å². The van der Waals surface area contributed by atoms with E-state index in [0.29, 0.717) is 22.0 Å². The van der Waals surface area contributed by atoms with Crippen LogP contribution in [0.25, 0.3) is 0 Å². The van der Waals surface area contributed by atoms with Gasteiger partial charge < -0.3 is 5.73 Å². The molecule has 2 N–H and O–H groups in total. The number of halogens is 2. The third-order valence-electron chi connectivity index (χ3n) is 2.46. The normalized spacial score (nSPS) is 10.2. The van der Waals surface area contributed by atoms with Crippen molar-refractivity contribution in [3.63, 3.8) is 0 Å². The van der Waals surface area contributed by atoms with E-state index in [-0.39, 0.29) is 0 Å². The molecule has 19 heavy (non-hydrogen) atoms. The smallest absolute Gasteiger partial charge is 0.124 e. The van der Waals surface area contributed by atoms with Crippen molar-refractivity contribution in [3.8, 4) is 6.07 Å². The van der Waals surface area contributed by atoms with Crippen molar-refractivity contribution in [2.24, 2.45) is 0 Å². The number of benzene rings is 2. The van der Waals surface area contributed by atoms with E-state index in [0.717, 1.165) is 10.5 Å². The third-order valence-corrected chi connectivity index (χ3v) is 3.83. The number of hydrogen-bond donors (Lipinski definition) is 1. The van der Waals surface area contributed by atoms with E-state index in [2.05, 4.69) is 0 Å². The van der Waals surface area contributed by atoms with Gasteiger partial charge in [0.15, 0.2) is 0 Å². The first-order valence-electron chi connectivity index (χ1n) is 5.46. The van der Waals surface area contributed by atoms with Gasteiger partial charge in [-0.25, -0.2) is 4.39 Å². The van der Waals surface area contributed by atoms with Gasteiger partial charge >= 0.3 is 0 Å². The summed E-state index contributed by atoms with van der Waals surface area (Å²) in [7, 11) is 0. The molecule has 0 amide bonds. The summed E-state index contributed by atoms with van der Waals surface area (Å²) in [6.07, 6.45) is 0. The molecule has 2 aromatic rings. The van der Waals surface area contributed by atoms with E-state index in [1.165, 1.54) is 23.9 Å². The molecule has 0 unspecified atom stereocenters. The molecule has 0 aromatic heterocycles. The van der Waals surface area contributed by atoms with Gasteiger partial charge in [-0.2, -0.15) is 5.26 Å². The highest BCUT2D eigenvalue weighted by Gasteiger charge is 2.04. The van der Waals surface area contributed by atoms with Crippen molar-refractivity contribution in [1.82, 2.24) is 0 Å². The maximum absolute atomic E-state index is 13.3. The van der Waals surface area contributed by atoms with Crippen LogP contribution in [0.5, 0.6) is 0 Å². The van der Waals surface area contributed by atoms with Crippen LogP contribution in [0.15, 0.2) is 41.3 Å². The Balaban J connectivity index is 2.17. The Hall–Kier alpha value is -1.70. The van der Waals surface area contributed by atoms with Crippen molar-refractivity contribution in [1.29, 1.82) is 5.26 Å². The Labute approximate surface area is 120 Å². The molecule has 0 fully saturated rings. The van der Waals surface area contributed by atoms with Crippen LogP contribution in [0.1, 0.15) is 11.1 Å². The van der Waals surface area contributed by atoms with Gasteiger partial charge in [0.25, 0.3) is 0 Å². The number of nitrogen functional groups attached to an aromatic ring is 1. The standard InChI is InChI=1S/C14H10ClFN2S/c15-11-1-2-13(18)14(6-11)19-8-10-3-9(7-17)4-12(16)5-10/h1-6H,8,18H2. The number of anilines is 1. The highest BCUT2D eigenvalue weighted by atomic mass is 35.5. The highest BCUT2D eigenvalue weighted by Crippen LogP contribution is 2.30. The van der Waals surface area contributed by atoms with E-state index in [9.17, 15) is 4.39 Å². The molecule has 0 radical (unpaired) electrons. The molecule has 0 aliphatic carbocycles. The number of nitrogens with two attached hydrogens (primary N) is 1. The van der Waals surface area contributed by atoms with Crippen LogP contribution in [0.2, 0.25) is 5.02 Å². The van der Waals surface area contributed by atoms with E-state index < -0.39 is 5.82 Å². The van der Waals surface area contributed by atoms with Crippen LogP contribution in [0.3, 0.4) is 0 Å². The first-order valence-corrected chi connectivity index (χ1v) is 6.82. The van der Waals surface area contributed by atoms with Gasteiger partial charge in [0.1, 0.15) is 5.82 Å². The average molecular weight is 293 g/mol. The Morgan fingerprint density at radius 1 is 1.26 bits per heavy atom. The predicted molar refractivity (Wildman–Crippen MR) is 76.5 cm³/mol. The van der Waals surface area contributed by atoms with Crippen molar-refractivity contribution in [3.05, 3.63) is 58.4 Å². The van der Waals surface area contributed by atoms with Crippen molar-refractivity contribution < 1.29 is 4.39 Å². The average Bonchev–Trinajstić information content (AvgIpc) is 2.39. The highest BCUT2D eigenvalue weighted by molar-refractivity contribution is 7.98. The molecule has 5 heteroatoms. The van der Waals surface area contributed by atoms with Crippen LogP contribution in [0.4, 0.5) is 10.1 Å². The summed E-state index contributed by atoms with van der Waals surface area (Å²) in [5.41, 5.74) is 7.52. The van der Waals surface area contributed by atoms with Gasteiger partial charge in [0.05, 0.1) is 11.6 Å². The molecule has 0 spiro atoms. The van der Waals surface area contributed by atoms with Gasteiger partial charge in [-0.3, -0.25) is 0 Å². The van der Waals surface area contributed by atoms with Gasteiger partial charge in [-0.05, 0) is 42.0 Å². The summed E-state index contributed by atoms with van der Waals surface area (Å²) in [5.74, 6) is 0.116. The van der Waals surface area contributed by atoms with Crippen molar-refractivity contribution in [2.45, 2.75) is 10.6 Å². The Morgan fingerprint density at radius 2 is 2.05 bits per heavy atom. The van der Waals surface area contributed by atoms with Crippen molar-refractivity contribution in [2.75, 3.05) is 5.73 Å². The molecule has 0 atom stereocenters. The first-order chi connectivity index (χ1) is 9.08. The lowest BCUT2D eigenvalue weighted by molar-refractivity contribution is 0.626. The number of nitriles is 1. The van der Waals surface area contributed by atoms with Gasteiger partial charge in [0, 0.05) is 21.4 Å². The van der Waals surface area contributed by atoms with Crippen LogP contribution in [0, 0.1) is 17.1 Å². The monoisotopic (exact) mass is 292 g/mol. The van der Waals surface area contributed by atoms with E-state index in [1.807, 2.05) is 6.07 Å². The lowest BCUT2D eigenvalue weighted by Gasteiger charge is -2.06. The molecule has 2 rings (SSSR count). The second kappa shape index (κ2) is 5.96. The maximum atomic E-state index is 13.3. The molecule has 0 saturated carbocycles. The van der Waals surface area contributed by atoms with Crippen molar-refractivity contribution >= 4 is 29.1 Å². The molecular formula is C14H10ClFN2S. The largest absolute Gasteiger partial charge is 0.398 e. The minimum atomic E-state index is -0.409. The second-order valence-electron chi connectivity index (χ2n) is 3.93. The molecule has 0 saturated heterocycles. The van der Waals surface area contributed by atoms with Gasteiger partial charge in [-0.1, -0.05) is 11.6 Å². The van der Waals surface area contributed by atoms with Crippen LogP contribution >= 0.6 is 23.4 Å². The molecular weight excluding hydrogens is 283 g/mol. The number of rotatable bonds is 3. The molecule has 96 valence electrons. The zero-order chi connectivity index (χ0) is 13.8. The number of thioether (sulfide) groups is 1. The minimum absolute atomic E-state index is 0.315. The summed E-state index contributed by atoms with van der Waals surface area (Å²) in [6, 6.07) is 11.4. The molecule has 0 aliphatic rings. The summed E-state index contributed by atoms with van der Waals surface area (Å²) >= 11 is 7.36. The Morgan fingerprint density at radius 3 is 2.79 bits per heavy atom. The SMILES string of the molecule is N#Cc1cc(F)cc(CSc2cc(Cl)ccc2N)c1. The van der Waals surface area contributed by atoms with Gasteiger partial charge in [0.2, 0.25) is 0 Å². The molecule has 0 heterocycles. The first kappa shape index (κ1) is 13.7. The quantitative estimate of drug-likeness (QED) is 0.680. The minimum Gasteiger partial charge on any atom is -0.398 e. The van der Waals surface area contributed by atoms with Gasteiger partial charge in [-0.15, -0.1) is 11.8 Å². The molecule has 0 aliphatic heterocycles. The lowest BCUT2D eigenvalue weighted by Crippen LogP contribution is -1.90. The van der Waals surface area contributed by atoms with Crippen LogP contribution in [-0.2, 0) is 5.75 Å². The zero-order valence-electron chi connectivity index (χ0n) is 9.86. The predicted octanol–water partition coefficient (Wildman–Crippen LogP) is 4.23. The zero-order valence-corrected chi connectivity index (χ0v) is 11.4. The summed E-state index contributed by atoms with van der Waals surface area (Å²) < 4.78 is 13.3. The fraction of sp³-hybridized carbons (Fsp3) is 0.0714. The van der Waals surface area contributed by atoms with E-state index in [1.54, 1.807) is 24.3 Å². The van der Waals surface area contributed by atoms with Crippen LogP contribution < -0.4 is 5.73 Å². The fourth-order valence-electron chi connectivity index (χ4n) is 1.59. The number of nitrogens with zero attached hydrogens (tertiary/aromatic N) is 1. The number of hydrogen-bond acceptors (Lipinski definition) is 3. The molecule has 2 nitrogen and oxygen atoms in total. The topological polar surface area (TPSA) is 49.8 Å². The summed E-state index contributed by atoms with van der Waals surface area (Å²) in [6.45, 7) is 0. The second-order valence-corrected chi connectivity index (χ2v) is 5.38. The lowest BCUT2D eigenvalue weighted by atomic mass is 10.1.